The van der Waals surface area contributed by atoms with E-state index in [0.717, 1.165) is 5.56 Å². The molecule has 0 aliphatic carbocycles. The minimum Gasteiger partial charge on any atom is -0.489 e. The Morgan fingerprint density at radius 1 is 1.11 bits per heavy atom. The summed E-state index contributed by atoms with van der Waals surface area (Å²) in [6.07, 6.45) is 0. The summed E-state index contributed by atoms with van der Waals surface area (Å²) in [5.41, 5.74) is 2.57. The van der Waals surface area contributed by atoms with Crippen molar-refractivity contribution in [2.24, 2.45) is 0 Å². The maximum Gasteiger partial charge on any atom is 0.335 e. The zero-order valence-electron chi connectivity index (χ0n) is 10.1. The van der Waals surface area contributed by atoms with Gasteiger partial charge in [0, 0.05) is 0 Å². The van der Waals surface area contributed by atoms with E-state index >= 15 is 0 Å². The topological polar surface area (TPSA) is 46.5 Å². The van der Waals surface area contributed by atoms with Crippen LogP contribution in [0.15, 0.2) is 48.5 Å². The zero-order valence-corrected chi connectivity index (χ0v) is 10.1. The fourth-order valence-corrected chi connectivity index (χ4v) is 1.63. The lowest BCUT2D eigenvalue weighted by atomic mass is 10.1. The number of carbonyl (C=O) groups is 1. The molecule has 3 nitrogen and oxygen atoms in total. The molecule has 0 radical (unpaired) electrons. The maximum absolute atomic E-state index is 10.7. The van der Waals surface area contributed by atoms with Gasteiger partial charge in [-0.25, -0.2) is 4.79 Å². The summed E-state index contributed by atoms with van der Waals surface area (Å²) in [6, 6.07) is 14.4. The summed E-state index contributed by atoms with van der Waals surface area (Å²) in [5, 5.41) is 8.78. The molecule has 2 rings (SSSR count). The predicted octanol–water partition coefficient (Wildman–Crippen LogP) is 3.27. The van der Waals surface area contributed by atoms with Crippen LogP contribution >= 0.6 is 0 Å². The van der Waals surface area contributed by atoms with Crippen LogP contribution in [0.3, 0.4) is 0 Å². The monoisotopic (exact) mass is 242 g/mol. The molecular weight excluding hydrogens is 228 g/mol. The van der Waals surface area contributed by atoms with E-state index in [1.807, 2.05) is 31.2 Å². The molecule has 2 aromatic rings. The number of aryl methyl sites for hydroxylation is 1. The number of hydrogen-bond acceptors (Lipinski definition) is 2. The average molecular weight is 242 g/mol. The normalized spacial score (nSPS) is 10.1. The van der Waals surface area contributed by atoms with Crippen molar-refractivity contribution in [2.75, 3.05) is 0 Å². The number of carboxylic acid groups (broad SMARTS) is 1. The van der Waals surface area contributed by atoms with Gasteiger partial charge in [-0.3, -0.25) is 0 Å². The second-order valence-corrected chi connectivity index (χ2v) is 4.04. The third-order valence-corrected chi connectivity index (χ3v) is 2.76. The minimum atomic E-state index is -0.930. The second-order valence-electron chi connectivity index (χ2n) is 4.04. The summed E-state index contributed by atoms with van der Waals surface area (Å²) < 4.78 is 5.61. The van der Waals surface area contributed by atoms with Crippen LogP contribution < -0.4 is 4.74 Å². The summed E-state index contributed by atoms with van der Waals surface area (Å²) >= 11 is 0. The first-order valence-electron chi connectivity index (χ1n) is 5.67. The Morgan fingerprint density at radius 3 is 2.39 bits per heavy atom. The van der Waals surface area contributed by atoms with Crippen molar-refractivity contribution in [3.63, 3.8) is 0 Å². The molecule has 0 saturated carbocycles. The SMILES string of the molecule is Cc1ccccc1COc1ccc(C(=O)O)cc1. The Morgan fingerprint density at radius 2 is 1.78 bits per heavy atom. The predicted molar refractivity (Wildman–Crippen MR) is 68.9 cm³/mol. The Kier molecular flexibility index (Phi) is 3.63. The molecule has 3 heteroatoms. The van der Waals surface area contributed by atoms with Gasteiger partial charge >= 0.3 is 5.97 Å². The van der Waals surface area contributed by atoms with E-state index in [1.54, 1.807) is 12.1 Å². The highest BCUT2D eigenvalue weighted by molar-refractivity contribution is 5.87. The van der Waals surface area contributed by atoms with Crippen LogP contribution in [-0.2, 0) is 6.61 Å². The van der Waals surface area contributed by atoms with Crippen molar-refractivity contribution in [3.05, 3.63) is 65.2 Å². The van der Waals surface area contributed by atoms with Gasteiger partial charge in [-0.2, -0.15) is 0 Å². The molecule has 1 N–H and O–H groups in total. The molecular formula is C15H14O3. The highest BCUT2D eigenvalue weighted by atomic mass is 16.5. The third-order valence-electron chi connectivity index (χ3n) is 2.76. The standard InChI is InChI=1S/C15H14O3/c1-11-4-2-3-5-13(11)10-18-14-8-6-12(7-9-14)15(16)17/h2-9H,10H2,1H3,(H,16,17). The zero-order chi connectivity index (χ0) is 13.0. The molecule has 0 atom stereocenters. The van der Waals surface area contributed by atoms with Crippen LogP contribution in [0, 0.1) is 6.92 Å². The maximum atomic E-state index is 10.7. The van der Waals surface area contributed by atoms with Gasteiger partial charge in [0.1, 0.15) is 12.4 Å². The lowest BCUT2D eigenvalue weighted by Crippen LogP contribution is -1.99. The number of aromatic carboxylic acids is 1. The van der Waals surface area contributed by atoms with E-state index in [9.17, 15) is 4.79 Å². The fraction of sp³-hybridized carbons (Fsp3) is 0.133. The van der Waals surface area contributed by atoms with Crippen LogP contribution in [0.25, 0.3) is 0 Å². The molecule has 0 fully saturated rings. The molecule has 18 heavy (non-hydrogen) atoms. The molecule has 0 heterocycles. The van der Waals surface area contributed by atoms with E-state index in [4.69, 9.17) is 9.84 Å². The first-order valence-corrected chi connectivity index (χ1v) is 5.67. The first-order chi connectivity index (χ1) is 8.66. The Labute approximate surface area is 106 Å². The average Bonchev–Trinajstić information content (AvgIpc) is 2.38. The summed E-state index contributed by atoms with van der Waals surface area (Å²) in [5.74, 6) is -0.260. The Hall–Kier alpha value is -2.29. The minimum absolute atomic E-state index is 0.262. The van der Waals surface area contributed by atoms with E-state index in [1.165, 1.54) is 17.7 Å². The highest BCUT2D eigenvalue weighted by Gasteiger charge is 2.03. The van der Waals surface area contributed by atoms with E-state index in [-0.39, 0.29) is 5.56 Å². The van der Waals surface area contributed by atoms with Crippen molar-refractivity contribution in [2.45, 2.75) is 13.5 Å². The smallest absolute Gasteiger partial charge is 0.335 e. The molecule has 0 saturated heterocycles. The van der Waals surface area contributed by atoms with Crippen molar-refractivity contribution in [1.82, 2.24) is 0 Å². The van der Waals surface area contributed by atoms with Gasteiger partial charge in [0.05, 0.1) is 5.56 Å². The second kappa shape index (κ2) is 5.36. The van der Waals surface area contributed by atoms with Crippen LogP contribution in [0.1, 0.15) is 21.5 Å². The van der Waals surface area contributed by atoms with Crippen molar-refractivity contribution >= 4 is 5.97 Å². The summed E-state index contributed by atoms with van der Waals surface area (Å²) in [4.78, 5) is 10.7. The van der Waals surface area contributed by atoms with Gasteiger partial charge in [-0.05, 0) is 42.3 Å². The van der Waals surface area contributed by atoms with Crippen molar-refractivity contribution in [3.8, 4) is 5.75 Å². The van der Waals surface area contributed by atoms with Gasteiger partial charge in [0.25, 0.3) is 0 Å². The third kappa shape index (κ3) is 2.88. The number of hydrogen-bond donors (Lipinski definition) is 1. The first kappa shape index (κ1) is 12.2. The van der Waals surface area contributed by atoms with Crippen LogP contribution in [0.2, 0.25) is 0 Å². The van der Waals surface area contributed by atoms with Gasteiger partial charge < -0.3 is 9.84 Å². The van der Waals surface area contributed by atoms with E-state index < -0.39 is 5.97 Å². The van der Waals surface area contributed by atoms with Gasteiger partial charge in [-0.1, -0.05) is 24.3 Å². The molecule has 0 amide bonds. The molecule has 0 aliphatic heterocycles. The molecule has 0 spiro atoms. The quantitative estimate of drug-likeness (QED) is 0.895. The molecule has 0 unspecified atom stereocenters. The number of benzene rings is 2. The van der Waals surface area contributed by atoms with Gasteiger partial charge in [-0.15, -0.1) is 0 Å². The Balaban J connectivity index is 2.02. The highest BCUT2D eigenvalue weighted by Crippen LogP contribution is 2.15. The molecule has 92 valence electrons. The lowest BCUT2D eigenvalue weighted by Gasteiger charge is -2.08. The van der Waals surface area contributed by atoms with E-state index in [0.29, 0.717) is 12.4 Å². The fourth-order valence-electron chi connectivity index (χ4n) is 1.63. The summed E-state index contributed by atoms with van der Waals surface area (Å²) in [7, 11) is 0. The van der Waals surface area contributed by atoms with Crippen LogP contribution in [-0.4, -0.2) is 11.1 Å². The summed E-state index contributed by atoms with van der Waals surface area (Å²) in [6.45, 7) is 2.52. The molecule has 0 aromatic heterocycles. The number of ether oxygens (including phenoxy) is 1. The Bertz CT molecular complexity index is 544. The van der Waals surface area contributed by atoms with Gasteiger partial charge in [0.2, 0.25) is 0 Å². The van der Waals surface area contributed by atoms with Crippen molar-refractivity contribution in [1.29, 1.82) is 0 Å². The van der Waals surface area contributed by atoms with Gasteiger partial charge in [0.15, 0.2) is 0 Å². The van der Waals surface area contributed by atoms with Crippen LogP contribution in [0.4, 0.5) is 0 Å². The molecule has 0 aliphatic rings. The number of rotatable bonds is 4. The van der Waals surface area contributed by atoms with Crippen LogP contribution in [0.5, 0.6) is 5.75 Å². The van der Waals surface area contributed by atoms with Crippen molar-refractivity contribution < 1.29 is 14.6 Å². The largest absolute Gasteiger partial charge is 0.489 e. The number of carboxylic acids is 1. The molecule has 2 aromatic carbocycles. The lowest BCUT2D eigenvalue weighted by molar-refractivity contribution is 0.0697. The van der Waals surface area contributed by atoms with E-state index in [2.05, 4.69) is 0 Å². The molecule has 0 bridgehead atoms.